The molecular formula is C33H36F4N6O3. The molecule has 1 unspecified atom stereocenters. The smallest absolute Gasteiger partial charge is 0.419 e. The Morgan fingerprint density at radius 2 is 1.83 bits per heavy atom. The van der Waals surface area contributed by atoms with Gasteiger partial charge in [0.2, 0.25) is 5.91 Å². The van der Waals surface area contributed by atoms with Gasteiger partial charge in [-0.25, -0.2) is 9.37 Å². The molecule has 244 valence electrons. The number of nitrogens with zero attached hydrogens (tertiary/aromatic N) is 6. The summed E-state index contributed by atoms with van der Waals surface area (Å²) in [5, 5.41) is 4.38. The van der Waals surface area contributed by atoms with Gasteiger partial charge in [-0.1, -0.05) is 6.07 Å². The van der Waals surface area contributed by atoms with E-state index in [1.807, 2.05) is 18.9 Å². The fourth-order valence-corrected chi connectivity index (χ4v) is 5.82. The summed E-state index contributed by atoms with van der Waals surface area (Å²) in [4.78, 5) is 36.6. The fourth-order valence-electron chi connectivity index (χ4n) is 5.82. The van der Waals surface area contributed by atoms with Crippen molar-refractivity contribution < 1.29 is 27.1 Å². The summed E-state index contributed by atoms with van der Waals surface area (Å²) in [5.74, 6) is -0.521. The summed E-state index contributed by atoms with van der Waals surface area (Å²) >= 11 is 0. The second kappa shape index (κ2) is 13.0. The third-order valence-electron chi connectivity index (χ3n) is 8.15. The lowest BCUT2D eigenvalue weighted by Crippen LogP contribution is -2.41. The Kier molecular flexibility index (Phi) is 9.22. The van der Waals surface area contributed by atoms with E-state index in [1.165, 1.54) is 15.5 Å². The van der Waals surface area contributed by atoms with E-state index in [0.29, 0.717) is 65.9 Å². The van der Waals surface area contributed by atoms with Crippen molar-refractivity contribution in [1.82, 2.24) is 24.2 Å². The molecule has 0 fully saturated rings. The van der Waals surface area contributed by atoms with Crippen LogP contribution >= 0.6 is 0 Å². The van der Waals surface area contributed by atoms with Gasteiger partial charge in [-0.2, -0.15) is 18.3 Å². The number of aromatic nitrogens is 4. The second-order valence-corrected chi connectivity index (χ2v) is 11.5. The lowest BCUT2D eigenvalue weighted by atomic mass is 10.0. The molecule has 0 N–H and O–H groups in total. The third kappa shape index (κ3) is 6.63. The number of rotatable bonds is 9. The monoisotopic (exact) mass is 640 g/mol. The van der Waals surface area contributed by atoms with Crippen LogP contribution in [0.4, 0.5) is 23.4 Å². The summed E-state index contributed by atoms with van der Waals surface area (Å²) in [6, 6.07) is 10.5. The number of hydrogen-bond acceptors (Lipinski definition) is 6. The molecule has 5 rings (SSSR count). The number of hydrogen-bond donors (Lipinski definition) is 0. The van der Waals surface area contributed by atoms with Crippen molar-refractivity contribution in [2.75, 3.05) is 25.1 Å². The molecule has 13 heteroatoms. The Balaban J connectivity index is 1.63. The Morgan fingerprint density at radius 1 is 1.11 bits per heavy atom. The predicted molar refractivity (Wildman–Crippen MR) is 165 cm³/mol. The van der Waals surface area contributed by atoms with Crippen LogP contribution in [0.5, 0.6) is 5.75 Å². The molecule has 1 aliphatic heterocycles. The van der Waals surface area contributed by atoms with Gasteiger partial charge in [0, 0.05) is 20.6 Å². The largest absolute Gasteiger partial charge is 0.494 e. The Hall–Kier alpha value is -4.68. The topological polar surface area (TPSA) is 85.5 Å². The van der Waals surface area contributed by atoms with Crippen molar-refractivity contribution in [2.45, 2.75) is 58.8 Å². The van der Waals surface area contributed by atoms with Crippen molar-refractivity contribution in [3.63, 3.8) is 0 Å². The van der Waals surface area contributed by atoms with Gasteiger partial charge >= 0.3 is 6.18 Å². The molecule has 0 saturated heterocycles. The number of anilines is 1. The number of aryl methyl sites for hydroxylation is 2. The van der Waals surface area contributed by atoms with Crippen molar-refractivity contribution in [1.29, 1.82) is 0 Å². The van der Waals surface area contributed by atoms with Gasteiger partial charge in [-0.3, -0.25) is 18.8 Å². The number of amides is 1. The first-order valence-electron chi connectivity index (χ1n) is 15.0. The second-order valence-electron chi connectivity index (χ2n) is 11.5. The fraction of sp³-hybridized carbons (Fsp3) is 0.394. The molecule has 2 aromatic heterocycles. The van der Waals surface area contributed by atoms with Crippen LogP contribution in [-0.2, 0) is 37.4 Å². The minimum atomic E-state index is -4.92. The molecule has 1 atom stereocenters. The zero-order valence-electron chi connectivity index (χ0n) is 26.4. The maximum absolute atomic E-state index is 14.2. The Bertz CT molecular complexity index is 1800. The van der Waals surface area contributed by atoms with Gasteiger partial charge < -0.3 is 14.5 Å². The lowest BCUT2D eigenvalue weighted by molar-refractivity contribution is -0.140. The molecule has 3 heterocycles. The number of alkyl halides is 3. The minimum Gasteiger partial charge on any atom is -0.494 e. The van der Waals surface area contributed by atoms with E-state index < -0.39 is 35.9 Å². The number of carbonyl (C=O) groups excluding carboxylic acids is 1. The summed E-state index contributed by atoms with van der Waals surface area (Å²) in [6.07, 6.45) is -4.04. The van der Waals surface area contributed by atoms with E-state index in [1.54, 1.807) is 55.9 Å². The molecule has 0 aliphatic carbocycles. The summed E-state index contributed by atoms with van der Waals surface area (Å²) in [5.41, 5.74) is 0.756. The molecule has 0 saturated carbocycles. The lowest BCUT2D eigenvalue weighted by Gasteiger charge is -2.33. The van der Waals surface area contributed by atoms with Gasteiger partial charge in [-0.15, -0.1) is 0 Å². The molecule has 2 aromatic carbocycles. The Labute approximate surface area is 264 Å². The van der Waals surface area contributed by atoms with Crippen molar-refractivity contribution in [3.8, 4) is 11.4 Å². The average Bonchev–Trinajstić information content (AvgIpc) is 3.33. The van der Waals surface area contributed by atoms with Crippen LogP contribution in [0.3, 0.4) is 0 Å². The van der Waals surface area contributed by atoms with Crippen molar-refractivity contribution in [2.24, 2.45) is 7.05 Å². The standard InChI is InChI=1S/C33H36F4N6O3/c1-6-46-25-12-10-23(11-13-25)43-30(38-31-26(32(43)45)8-7-15-40(31)4)21(3)42(19-24-16-20(2)39-41(24)5)29(44)18-22-9-14-28(34)27(17-22)33(35,36)37/h9-14,16-17,21H,6-8,15,18-19H2,1-5H3. The number of fused-ring (bicyclic) bond motifs is 1. The van der Waals surface area contributed by atoms with Crippen LogP contribution in [0.25, 0.3) is 5.69 Å². The zero-order valence-corrected chi connectivity index (χ0v) is 26.4. The molecule has 4 aromatic rings. The highest BCUT2D eigenvalue weighted by Gasteiger charge is 2.35. The highest BCUT2D eigenvalue weighted by Crippen LogP contribution is 2.33. The van der Waals surface area contributed by atoms with Crippen LogP contribution in [0.1, 0.15) is 60.2 Å². The van der Waals surface area contributed by atoms with E-state index in [-0.39, 0.29) is 23.5 Å². The molecule has 0 radical (unpaired) electrons. The SMILES string of the molecule is CCOc1ccc(-n2c(C(C)N(Cc3cc(C)nn3C)C(=O)Cc3ccc(F)c(C(F)(F)F)c3)nc3c(c2=O)CCCN3C)cc1. The number of ether oxygens (including phenoxy) is 1. The van der Waals surface area contributed by atoms with E-state index in [9.17, 15) is 27.2 Å². The first-order chi connectivity index (χ1) is 21.8. The third-order valence-corrected chi connectivity index (χ3v) is 8.15. The van der Waals surface area contributed by atoms with Crippen LogP contribution in [0.15, 0.2) is 53.3 Å². The van der Waals surface area contributed by atoms with E-state index in [4.69, 9.17) is 9.72 Å². The number of carbonyl (C=O) groups is 1. The zero-order chi connectivity index (χ0) is 33.3. The van der Waals surface area contributed by atoms with Gasteiger partial charge in [0.1, 0.15) is 23.2 Å². The van der Waals surface area contributed by atoms with Gasteiger partial charge in [0.05, 0.1) is 53.8 Å². The van der Waals surface area contributed by atoms with E-state index in [2.05, 4.69) is 5.10 Å². The highest BCUT2D eigenvalue weighted by atomic mass is 19.4. The van der Waals surface area contributed by atoms with Crippen LogP contribution < -0.4 is 15.2 Å². The first kappa shape index (κ1) is 32.7. The Morgan fingerprint density at radius 3 is 2.46 bits per heavy atom. The number of halogens is 4. The van der Waals surface area contributed by atoms with E-state index in [0.717, 1.165) is 6.42 Å². The van der Waals surface area contributed by atoms with Gasteiger partial charge in [0.25, 0.3) is 5.56 Å². The normalized spacial score (nSPS) is 13.8. The predicted octanol–water partition coefficient (Wildman–Crippen LogP) is 5.55. The molecule has 1 amide bonds. The van der Waals surface area contributed by atoms with Gasteiger partial charge in [0.15, 0.2) is 0 Å². The first-order valence-corrected chi connectivity index (χ1v) is 15.0. The summed E-state index contributed by atoms with van der Waals surface area (Å²) < 4.78 is 63.2. The van der Waals surface area contributed by atoms with Crippen LogP contribution in [0, 0.1) is 12.7 Å². The molecule has 0 bridgehead atoms. The molecular weight excluding hydrogens is 604 g/mol. The van der Waals surface area contributed by atoms with E-state index >= 15 is 0 Å². The average molecular weight is 641 g/mol. The molecule has 9 nitrogen and oxygen atoms in total. The summed E-state index contributed by atoms with van der Waals surface area (Å²) in [6.45, 7) is 6.60. The van der Waals surface area contributed by atoms with Crippen LogP contribution in [0.2, 0.25) is 0 Å². The summed E-state index contributed by atoms with van der Waals surface area (Å²) in [7, 11) is 3.58. The van der Waals surface area contributed by atoms with Crippen molar-refractivity contribution in [3.05, 3.63) is 98.6 Å². The number of benzene rings is 2. The maximum atomic E-state index is 14.2. The molecule has 0 spiro atoms. The highest BCUT2D eigenvalue weighted by molar-refractivity contribution is 5.79. The van der Waals surface area contributed by atoms with Crippen LogP contribution in [-0.4, -0.2) is 50.3 Å². The minimum absolute atomic E-state index is 0.000788. The van der Waals surface area contributed by atoms with Gasteiger partial charge in [-0.05, 0) is 81.6 Å². The molecule has 46 heavy (non-hydrogen) atoms. The quantitative estimate of drug-likeness (QED) is 0.223. The maximum Gasteiger partial charge on any atom is 0.419 e. The molecule has 1 aliphatic rings. The van der Waals surface area contributed by atoms with Crippen molar-refractivity contribution >= 4 is 11.7 Å².